The molecule has 1 aliphatic rings. The fourth-order valence-corrected chi connectivity index (χ4v) is 4.48. The summed E-state index contributed by atoms with van der Waals surface area (Å²) in [5.41, 5.74) is 1.69. The number of ether oxygens (including phenoxy) is 1. The summed E-state index contributed by atoms with van der Waals surface area (Å²) in [4.78, 5) is 15.7. The minimum Gasteiger partial charge on any atom is -0.378 e. The molecule has 0 atom stereocenters. The average molecular weight is 413 g/mol. The van der Waals surface area contributed by atoms with Gasteiger partial charge < -0.3 is 15.0 Å². The maximum Gasteiger partial charge on any atom is 0.234 e. The molecule has 1 aliphatic heterocycles. The van der Waals surface area contributed by atoms with Crippen molar-refractivity contribution < 1.29 is 9.53 Å². The number of benzene rings is 3. The van der Waals surface area contributed by atoms with Gasteiger partial charge >= 0.3 is 0 Å². The van der Waals surface area contributed by atoms with Gasteiger partial charge in [-0.1, -0.05) is 48.0 Å². The molecule has 28 heavy (non-hydrogen) atoms. The molecule has 0 spiro atoms. The van der Waals surface area contributed by atoms with Crippen LogP contribution in [0.5, 0.6) is 0 Å². The zero-order valence-corrected chi connectivity index (χ0v) is 16.9. The molecule has 0 radical (unpaired) electrons. The van der Waals surface area contributed by atoms with Gasteiger partial charge in [0, 0.05) is 23.7 Å². The Kier molecular flexibility index (Phi) is 6.05. The number of carbonyl (C=O) groups excluding carboxylic acids is 1. The molecule has 0 bridgehead atoms. The van der Waals surface area contributed by atoms with Crippen molar-refractivity contribution in [3.05, 3.63) is 65.7 Å². The van der Waals surface area contributed by atoms with Gasteiger partial charge in [-0.2, -0.15) is 0 Å². The SMILES string of the molecule is O=C(CSc1cccc2ccccc12)Nc1ccc(N2CCOCC2)c(Cl)c1. The molecular formula is C22H21ClN2O2S. The lowest BCUT2D eigenvalue weighted by molar-refractivity contribution is -0.113. The van der Waals surface area contributed by atoms with E-state index < -0.39 is 0 Å². The standard InChI is InChI=1S/C22H21ClN2O2S/c23-19-14-17(8-9-20(19)25-10-12-27-13-11-25)24-22(26)15-28-21-7-3-5-16-4-1-2-6-18(16)21/h1-9,14H,10-13,15H2,(H,24,26). The van der Waals surface area contributed by atoms with Crippen molar-refractivity contribution in [1.82, 2.24) is 0 Å². The summed E-state index contributed by atoms with van der Waals surface area (Å²) >= 11 is 7.99. The summed E-state index contributed by atoms with van der Waals surface area (Å²) in [5.74, 6) is 0.296. The van der Waals surface area contributed by atoms with Crippen LogP contribution in [0.3, 0.4) is 0 Å². The highest BCUT2D eigenvalue weighted by atomic mass is 35.5. The summed E-state index contributed by atoms with van der Waals surface area (Å²) in [6.45, 7) is 3.07. The lowest BCUT2D eigenvalue weighted by Gasteiger charge is -2.29. The molecular weight excluding hydrogens is 392 g/mol. The van der Waals surface area contributed by atoms with E-state index in [1.807, 2.05) is 42.5 Å². The third-order valence-corrected chi connectivity index (χ3v) is 6.07. The second-order valence-electron chi connectivity index (χ2n) is 6.58. The van der Waals surface area contributed by atoms with Gasteiger partial charge in [0.2, 0.25) is 5.91 Å². The Morgan fingerprint density at radius 3 is 2.68 bits per heavy atom. The number of halogens is 1. The first-order valence-corrected chi connectivity index (χ1v) is 10.6. The number of fused-ring (bicyclic) bond motifs is 1. The number of anilines is 2. The largest absolute Gasteiger partial charge is 0.378 e. The van der Waals surface area contributed by atoms with E-state index in [9.17, 15) is 4.79 Å². The van der Waals surface area contributed by atoms with Crippen LogP contribution in [0.1, 0.15) is 0 Å². The highest BCUT2D eigenvalue weighted by molar-refractivity contribution is 8.00. The van der Waals surface area contributed by atoms with E-state index in [0.29, 0.717) is 29.7 Å². The molecule has 3 aromatic rings. The van der Waals surface area contributed by atoms with Crippen LogP contribution >= 0.6 is 23.4 Å². The number of hydrogen-bond acceptors (Lipinski definition) is 4. The first kappa shape index (κ1) is 19.1. The smallest absolute Gasteiger partial charge is 0.234 e. The molecule has 0 unspecified atom stereocenters. The molecule has 1 heterocycles. The van der Waals surface area contributed by atoms with Crippen LogP contribution in [-0.2, 0) is 9.53 Å². The Hall–Kier alpha value is -2.21. The summed E-state index contributed by atoms with van der Waals surface area (Å²) in [5, 5.41) is 5.93. The summed E-state index contributed by atoms with van der Waals surface area (Å²) in [6, 6.07) is 20.0. The van der Waals surface area contributed by atoms with Gasteiger partial charge in [-0.25, -0.2) is 0 Å². The molecule has 6 heteroatoms. The monoisotopic (exact) mass is 412 g/mol. The lowest BCUT2D eigenvalue weighted by atomic mass is 10.1. The van der Waals surface area contributed by atoms with Crippen molar-refractivity contribution in [3.63, 3.8) is 0 Å². The van der Waals surface area contributed by atoms with Crippen LogP contribution in [0.15, 0.2) is 65.6 Å². The second-order valence-corrected chi connectivity index (χ2v) is 8.00. The van der Waals surface area contributed by atoms with Crippen LogP contribution in [0, 0.1) is 0 Å². The molecule has 1 amide bonds. The Labute approximate surface area is 173 Å². The zero-order chi connectivity index (χ0) is 19.3. The molecule has 1 fully saturated rings. The molecule has 1 saturated heterocycles. The average Bonchev–Trinajstić information content (AvgIpc) is 2.73. The van der Waals surface area contributed by atoms with Crippen LogP contribution in [0.2, 0.25) is 5.02 Å². The van der Waals surface area contributed by atoms with Gasteiger partial charge in [-0.15, -0.1) is 11.8 Å². The highest BCUT2D eigenvalue weighted by Crippen LogP contribution is 2.30. The predicted molar refractivity (Wildman–Crippen MR) is 118 cm³/mol. The Morgan fingerprint density at radius 2 is 1.86 bits per heavy atom. The molecule has 4 nitrogen and oxygen atoms in total. The minimum absolute atomic E-state index is 0.0480. The lowest BCUT2D eigenvalue weighted by Crippen LogP contribution is -2.36. The third kappa shape index (κ3) is 4.43. The van der Waals surface area contributed by atoms with Crippen LogP contribution in [-0.4, -0.2) is 38.0 Å². The number of nitrogens with zero attached hydrogens (tertiary/aromatic N) is 1. The Balaban J connectivity index is 1.39. The molecule has 0 saturated carbocycles. The zero-order valence-electron chi connectivity index (χ0n) is 15.4. The van der Waals surface area contributed by atoms with Gasteiger partial charge in [0.1, 0.15) is 0 Å². The number of thioether (sulfide) groups is 1. The van der Waals surface area contributed by atoms with Crippen molar-refractivity contribution in [2.45, 2.75) is 4.90 Å². The first-order valence-electron chi connectivity index (χ1n) is 9.23. The van der Waals surface area contributed by atoms with Crippen molar-refractivity contribution in [3.8, 4) is 0 Å². The number of carbonyl (C=O) groups is 1. The number of hydrogen-bond donors (Lipinski definition) is 1. The van der Waals surface area contributed by atoms with Gasteiger partial charge in [0.05, 0.1) is 29.7 Å². The normalized spacial score (nSPS) is 14.2. The van der Waals surface area contributed by atoms with Crippen molar-refractivity contribution in [2.24, 2.45) is 0 Å². The van der Waals surface area contributed by atoms with Crippen LogP contribution in [0.25, 0.3) is 10.8 Å². The van der Waals surface area contributed by atoms with Crippen LogP contribution in [0.4, 0.5) is 11.4 Å². The van der Waals surface area contributed by atoms with Gasteiger partial charge in [-0.3, -0.25) is 4.79 Å². The minimum atomic E-state index is -0.0480. The fraction of sp³-hybridized carbons (Fsp3) is 0.227. The predicted octanol–water partition coefficient (Wildman–Crippen LogP) is 5.06. The number of nitrogens with one attached hydrogen (secondary N) is 1. The Bertz CT molecular complexity index is 984. The maximum absolute atomic E-state index is 12.4. The quantitative estimate of drug-likeness (QED) is 0.594. The second kappa shape index (κ2) is 8.86. The van der Waals surface area contributed by atoms with Gasteiger partial charge in [0.25, 0.3) is 0 Å². The molecule has 0 aromatic heterocycles. The van der Waals surface area contributed by atoms with E-state index in [4.69, 9.17) is 16.3 Å². The molecule has 0 aliphatic carbocycles. The third-order valence-electron chi connectivity index (χ3n) is 4.69. The molecule has 1 N–H and O–H groups in total. The van der Waals surface area contributed by atoms with Gasteiger partial charge in [-0.05, 0) is 35.0 Å². The van der Waals surface area contributed by atoms with E-state index in [0.717, 1.165) is 23.7 Å². The van der Waals surface area contributed by atoms with Crippen molar-refractivity contribution >= 4 is 51.4 Å². The fourth-order valence-electron chi connectivity index (χ4n) is 3.31. The van der Waals surface area contributed by atoms with E-state index in [1.165, 1.54) is 10.8 Å². The highest BCUT2D eigenvalue weighted by Gasteiger charge is 2.15. The Morgan fingerprint density at radius 1 is 1.07 bits per heavy atom. The van der Waals surface area contributed by atoms with E-state index >= 15 is 0 Å². The first-order chi connectivity index (χ1) is 13.7. The van der Waals surface area contributed by atoms with E-state index in [-0.39, 0.29) is 5.91 Å². The molecule has 4 rings (SSSR count). The number of rotatable bonds is 5. The van der Waals surface area contributed by atoms with Gasteiger partial charge in [0.15, 0.2) is 0 Å². The number of amides is 1. The number of morpholine rings is 1. The topological polar surface area (TPSA) is 41.6 Å². The van der Waals surface area contributed by atoms with E-state index in [2.05, 4.69) is 28.4 Å². The molecule has 3 aromatic carbocycles. The van der Waals surface area contributed by atoms with Crippen molar-refractivity contribution in [1.29, 1.82) is 0 Å². The maximum atomic E-state index is 12.4. The van der Waals surface area contributed by atoms with Crippen LogP contribution < -0.4 is 10.2 Å². The van der Waals surface area contributed by atoms with Crippen molar-refractivity contribution in [2.75, 3.05) is 42.3 Å². The summed E-state index contributed by atoms with van der Waals surface area (Å²) < 4.78 is 5.38. The summed E-state index contributed by atoms with van der Waals surface area (Å²) in [7, 11) is 0. The summed E-state index contributed by atoms with van der Waals surface area (Å²) in [6.07, 6.45) is 0. The molecule has 144 valence electrons. The van der Waals surface area contributed by atoms with E-state index in [1.54, 1.807) is 11.8 Å².